The molecule has 0 bridgehead atoms. The van der Waals surface area contributed by atoms with Gasteiger partial charge < -0.3 is 15.0 Å². The maximum absolute atomic E-state index is 5.61. The van der Waals surface area contributed by atoms with E-state index >= 15 is 0 Å². The second-order valence-corrected chi connectivity index (χ2v) is 7.15. The lowest BCUT2D eigenvalue weighted by atomic mass is 9.89. The van der Waals surface area contributed by atoms with E-state index in [9.17, 15) is 0 Å². The van der Waals surface area contributed by atoms with E-state index in [-0.39, 0.29) is 35.5 Å². The van der Waals surface area contributed by atoms with Crippen LogP contribution in [-0.4, -0.2) is 65.9 Å². The Balaban J connectivity index is 0.00000288. The number of H-pyrrole nitrogens is 1. The van der Waals surface area contributed by atoms with Crippen LogP contribution >= 0.6 is 24.0 Å². The monoisotopic (exact) mass is 450 g/mol. The highest BCUT2D eigenvalue weighted by atomic mass is 127. The van der Waals surface area contributed by atoms with Gasteiger partial charge in [-0.3, -0.25) is 10.1 Å². The van der Waals surface area contributed by atoms with Crippen molar-refractivity contribution in [1.82, 2.24) is 25.4 Å². The first-order chi connectivity index (χ1) is 11.0. The molecule has 1 aromatic heterocycles. The summed E-state index contributed by atoms with van der Waals surface area (Å²) >= 11 is 0. The number of piperidine rings is 1. The van der Waals surface area contributed by atoms with E-state index < -0.39 is 0 Å². The highest BCUT2D eigenvalue weighted by Gasteiger charge is 2.27. The quantitative estimate of drug-likeness (QED) is 0.418. The molecule has 1 atom stereocenters. The number of hydrogen-bond donors (Lipinski definition) is 2. The first-order valence-electron chi connectivity index (χ1n) is 8.29. The number of nitrogens with one attached hydrogen (secondary N) is 2. The summed E-state index contributed by atoms with van der Waals surface area (Å²) in [6.45, 7) is 9.27. The molecule has 1 fully saturated rings. The van der Waals surface area contributed by atoms with E-state index in [0.717, 1.165) is 44.3 Å². The molecular formula is C16H31IN6O. The van der Waals surface area contributed by atoms with E-state index in [0.29, 0.717) is 5.92 Å². The van der Waals surface area contributed by atoms with Crippen molar-refractivity contribution in [3.05, 3.63) is 12.2 Å². The number of rotatable bonds is 4. The number of halogens is 1. The highest BCUT2D eigenvalue weighted by Crippen LogP contribution is 2.25. The number of guanidine groups is 1. The summed E-state index contributed by atoms with van der Waals surface area (Å²) in [7, 11) is 3.60. The van der Waals surface area contributed by atoms with Crippen molar-refractivity contribution in [2.75, 3.05) is 33.8 Å². The smallest absolute Gasteiger partial charge is 0.193 e. The minimum Gasteiger partial charge on any atom is -0.379 e. The third-order valence-electron chi connectivity index (χ3n) is 4.52. The number of nitrogens with zero attached hydrogens (tertiary/aromatic N) is 4. The fraction of sp³-hybridized carbons (Fsp3) is 0.812. The zero-order valence-corrected chi connectivity index (χ0v) is 17.7. The van der Waals surface area contributed by atoms with Crippen molar-refractivity contribution in [3.8, 4) is 0 Å². The van der Waals surface area contributed by atoms with Crippen LogP contribution in [0, 0.1) is 5.41 Å². The molecule has 2 N–H and O–H groups in total. The molecule has 0 aromatic carbocycles. The van der Waals surface area contributed by atoms with Gasteiger partial charge in [0.15, 0.2) is 5.96 Å². The van der Waals surface area contributed by atoms with Crippen molar-refractivity contribution in [2.45, 2.75) is 45.6 Å². The predicted octanol–water partition coefficient (Wildman–Crippen LogP) is 2.24. The molecular weight excluding hydrogens is 419 g/mol. The number of ether oxygens (including phenoxy) is 1. The van der Waals surface area contributed by atoms with Gasteiger partial charge in [-0.15, -0.1) is 24.0 Å². The molecule has 1 aromatic rings. The maximum atomic E-state index is 5.61. The topological polar surface area (TPSA) is 78.4 Å². The van der Waals surface area contributed by atoms with Gasteiger partial charge in [0.05, 0.1) is 6.10 Å². The average molecular weight is 450 g/mol. The molecule has 0 spiro atoms. The predicted molar refractivity (Wildman–Crippen MR) is 107 cm³/mol. The van der Waals surface area contributed by atoms with E-state index in [4.69, 9.17) is 4.74 Å². The second-order valence-electron chi connectivity index (χ2n) is 7.15. The molecule has 8 heteroatoms. The molecule has 0 aliphatic carbocycles. The number of likely N-dealkylation sites (tertiary alicyclic amines) is 1. The molecule has 0 amide bonds. The van der Waals surface area contributed by atoms with Gasteiger partial charge in [0.2, 0.25) is 0 Å². The number of aromatic nitrogens is 3. The van der Waals surface area contributed by atoms with E-state index in [2.05, 4.69) is 51.2 Å². The summed E-state index contributed by atoms with van der Waals surface area (Å²) in [6.07, 6.45) is 3.84. The van der Waals surface area contributed by atoms with Crippen LogP contribution in [0.25, 0.3) is 0 Å². The van der Waals surface area contributed by atoms with Gasteiger partial charge in [0.25, 0.3) is 0 Å². The molecule has 0 saturated carbocycles. The first-order valence-corrected chi connectivity index (χ1v) is 8.29. The lowest BCUT2D eigenvalue weighted by Crippen LogP contribution is -2.49. The Morgan fingerprint density at radius 1 is 1.46 bits per heavy atom. The van der Waals surface area contributed by atoms with Crippen molar-refractivity contribution in [1.29, 1.82) is 0 Å². The van der Waals surface area contributed by atoms with Crippen LogP contribution in [0.3, 0.4) is 0 Å². The summed E-state index contributed by atoms with van der Waals surface area (Å²) in [5.41, 5.74) is 0.0971. The summed E-state index contributed by atoms with van der Waals surface area (Å²) in [4.78, 5) is 11.0. The first kappa shape index (κ1) is 21.1. The SMILES string of the molecule is CN=C(NCC(OC)C(C)(C)C)N1CCC(c2ncn[nH]2)CC1.I. The van der Waals surface area contributed by atoms with Crippen LogP contribution in [0.15, 0.2) is 11.3 Å². The minimum absolute atomic E-state index is 0. The van der Waals surface area contributed by atoms with Crippen LogP contribution in [0.5, 0.6) is 0 Å². The number of methoxy groups -OCH3 is 1. The molecule has 138 valence electrons. The van der Waals surface area contributed by atoms with Crippen molar-refractivity contribution in [3.63, 3.8) is 0 Å². The Labute approximate surface area is 162 Å². The lowest BCUT2D eigenvalue weighted by molar-refractivity contribution is 0.0200. The third-order valence-corrected chi connectivity index (χ3v) is 4.52. The molecule has 2 rings (SSSR count). The van der Waals surface area contributed by atoms with Gasteiger partial charge in [0, 0.05) is 39.7 Å². The highest BCUT2D eigenvalue weighted by molar-refractivity contribution is 14.0. The Bertz CT molecular complexity index is 491. The Kier molecular flexibility index (Phi) is 8.41. The molecule has 2 heterocycles. The van der Waals surface area contributed by atoms with Crippen molar-refractivity contribution >= 4 is 29.9 Å². The lowest BCUT2D eigenvalue weighted by Gasteiger charge is -2.35. The molecule has 0 radical (unpaired) electrons. The number of hydrogen-bond acceptors (Lipinski definition) is 4. The fourth-order valence-electron chi connectivity index (χ4n) is 3.04. The molecule has 1 aliphatic heterocycles. The van der Waals surface area contributed by atoms with Gasteiger partial charge in [-0.05, 0) is 18.3 Å². The third kappa shape index (κ3) is 5.58. The van der Waals surface area contributed by atoms with Gasteiger partial charge in [-0.2, -0.15) is 5.10 Å². The normalized spacial score (nSPS) is 18.2. The fourth-order valence-corrected chi connectivity index (χ4v) is 3.04. The molecule has 7 nitrogen and oxygen atoms in total. The molecule has 1 unspecified atom stereocenters. The number of aliphatic imine (C=N–C) groups is 1. The van der Waals surface area contributed by atoms with Crippen molar-refractivity contribution < 1.29 is 4.74 Å². The summed E-state index contributed by atoms with van der Waals surface area (Å²) < 4.78 is 5.61. The van der Waals surface area contributed by atoms with Crippen LogP contribution in [0.2, 0.25) is 0 Å². The summed E-state index contributed by atoms with van der Waals surface area (Å²) in [5, 5.41) is 10.4. The molecule has 1 saturated heterocycles. The van der Waals surface area contributed by atoms with Gasteiger partial charge >= 0.3 is 0 Å². The minimum atomic E-state index is 0. The Morgan fingerprint density at radius 3 is 2.58 bits per heavy atom. The van der Waals surface area contributed by atoms with Crippen molar-refractivity contribution in [2.24, 2.45) is 10.4 Å². The summed E-state index contributed by atoms with van der Waals surface area (Å²) in [6, 6.07) is 0. The van der Waals surface area contributed by atoms with Gasteiger partial charge in [0.1, 0.15) is 12.2 Å². The molecule has 24 heavy (non-hydrogen) atoms. The largest absolute Gasteiger partial charge is 0.379 e. The maximum Gasteiger partial charge on any atom is 0.193 e. The zero-order chi connectivity index (χ0) is 16.9. The molecule has 1 aliphatic rings. The van der Waals surface area contributed by atoms with Crippen LogP contribution in [-0.2, 0) is 4.74 Å². The Morgan fingerprint density at radius 2 is 2.12 bits per heavy atom. The Hall–Kier alpha value is -0.900. The summed E-state index contributed by atoms with van der Waals surface area (Å²) in [5.74, 6) is 2.42. The average Bonchev–Trinajstić information content (AvgIpc) is 3.05. The van der Waals surface area contributed by atoms with Gasteiger partial charge in [-0.1, -0.05) is 20.8 Å². The van der Waals surface area contributed by atoms with E-state index in [1.807, 2.05) is 7.05 Å². The van der Waals surface area contributed by atoms with Gasteiger partial charge in [-0.25, -0.2) is 4.98 Å². The van der Waals surface area contributed by atoms with Crippen LogP contribution < -0.4 is 5.32 Å². The standard InChI is InChI=1S/C16H30N6O.HI/c1-16(2,3)13(23-5)10-18-15(17-4)22-8-6-12(7-9-22)14-19-11-20-21-14;/h11-13H,6-10H2,1-5H3,(H,17,18)(H,19,20,21);1H. The zero-order valence-electron chi connectivity index (χ0n) is 15.4. The van der Waals surface area contributed by atoms with Crippen LogP contribution in [0.1, 0.15) is 45.4 Å². The van der Waals surface area contributed by atoms with Crippen LogP contribution in [0.4, 0.5) is 0 Å². The second kappa shape index (κ2) is 9.55. The number of aromatic amines is 1. The van der Waals surface area contributed by atoms with E-state index in [1.54, 1.807) is 13.4 Å². The van der Waals surface area contributed by atoms with E-state index in [1.165, 1.54) is 0 Å².